The lowest BCUT2D eigenvalue weighted by Crippen LogP contribution is -2.28. The zero-order valence-corrected chi connectivity index (χ0v) is 21.0. The molecule has 0 aliphatic rings. The fourth-order valence-electron chi connectivity index (χ4n) is 4.01. The van der Waals surface area contributed by atoms with Crippen molar-refractivity contribution in [3.8, 4) is 5.75 Å². The van der Waals surface area contributed by atoms with Gasteiger partial charge in [-0.1, -0.05) is 97.1 Å². The molecule has 0 saturated heterocycles. The van der Waals surface area contributed by atoms with Crippen LogP contribution >= 0.6 is 0 Å². The Morgan fingerprint density at radius 3 is 2.22 bits per heavy atom. The third-order valence-corrected chi connectivity index (χ3v) is 6.06. The molecule has 0 bridgehead atoms. The summed E-state index contributed by atoms with van der Waals surface area (Å²) in [7, 11) is 0. The number of hydrogen-bond acceptors (Lipinski definition) is 3. The van der Waals surface area contributed by atoms with Crippen LogP contribution in [0, 0.1) is 0 Å². The fraction of sp³-hybridized carbons (Fsp3) is 0.152. The molecule has 0 fully saturated rings. The van der Waals surface area contributed by atoms with E-state index in [2.05, 4.69) is 17.4 Å². The monoisotopic (exact) mass is 489 g/mol. The topological polar surface area (TPSA) is 55.4 Å². The largest absolute Gasteiger partial charge is 0.493 e. The normalized spacial score (nSPS) is 11.7. The summed E-state index contributed by atoms with van der Waals surface area (Å²) < 4.78 is 5.83. The van der Waals surface area contributed by atoms with Crippen LogP contribution < -0.4 is 10.1 Å². The molecule has 0 aliphatic carbocycles. The first-order chi connectivity index (χ1) is 18.1. The van der Waals surface area contributed by atoms with Crippen LogP contribution in [-0.2, 0) is 17.6 Å². The summed E-state index contributed by atoms with van der Waals surface area (Å²) >= 11 is 0. The number of benzene rings is 4. The second-order valence-electron chi connectivity index (χ2n) is 8.93. The van der Waals surface area contributed by atoms with E-state index in [1.54, 1.807) is 24.3 Å². The minimum Gasteiger partial charge on any atom is -0.493 e. The summed E-state index contributed by atoms with van der Waals surface area (Å²) in [5.74, 6) is 0.609. The molecule has 0 aromatic heterocycles. The van der Waals surface area contributed by atoms with Gasteiger partial charge >= 0.3 is 0 Å². The molecule has 0 spiro atoms. The number of carbonyl (C=O) groups excluding carboxylic acids is 2. The molecule has 1 N–H and O–H groups in total. The van der Waals surface area contributed by atoms with Gasteiger partial charge in [-0.25, -0.2) is 0 Å². The molecule has 4 aromatic rings. The van der Waals surface area contributed by atoms with Crippen LogP contribution in [0.25, 0.3) is 6.08 Å². The van der Waals surface area contributed by atoms with Gasteiger partial charge in [0.25, 0.3) is 0 Å². The number of allylic oxidation sites excluding steroid dienone is 1. The van der Waals surface area contributed by atoms with Gasteiger partial charge in [0.15, 0.2) is 5.78 Å². The summed E-state index contributed by atoms with van der Waals surface area (Å²) in [6, 6.07) is 34.9. The summed E-state index contributed by atoms with van der Waals surface area (Å²) in [5.41, 5.74) is 4.56. The Balaban J connectivity index is 1.28. The first kappa shape index (κ1) is 25.6. The third kappa shape index (κ3) is 8.04. The molecule has 4 aromatic carbocycles. The molecule has 1 atom stereocenters. The maximum absolute atomic E-state index is 12.7. The lowest BCUT2D eigenvalue weighted by Gasteiger charge is -2.14. The Hall–Kier alpha value is -4.44. The summed E-state index contributed by atoms with van der Waals surface area (Å²) in [6.07, 6.45) is 4.41. The SMILES string of the molecule is CC(NC(=O)Cc1cccc(C(=O)C=Cc2ccc(OCCc3ccccc3)cc2)c1)c1ccccc1. The van der Waals surface area contributed by atoms with Crippen molar-refractivity contribution in [2.75, 3.05) is 6.61 Å². The number of hydrogen-bond donors (Lipinski definition) is 1. The average Bonchev–Trinajstić information content (AvgIpc) is 2.93. The second kappa shape index (κ2) is 13.0. The Morgan fingerprint density at radius 1 is 0.811 bits per heavy atom. The molecule has 0 heterocycles. The summed E-state index contributed by atoms with van der Waals surface area (Å²) in [4.78, 5) is 25.3. The number of nitrogens with one attached hydrogen (secondary N) is 1. The van der Waals surface area contributed by atoms with E-state index >= 15 is 0 Å². The predicted octanol–water partition coefficient (Wildman–Crippen LogP) is 6.62. The summed E-state index contributed by atoms with van der Waals surface area (Å²) in [5, 5.41) is 3.02. The van der Waals surface area contributed by atoms with Gasteiger partial charge in [0.2, 0.25) is 5.91 Å². The molecular weight excluding hydrogens is 458 g/mol. The van der Waals surface area contributed by atoms with Crippen molar-refractivity contribution in [3.05, 3.63) is 143 Å². The molecule has 37 heavy (non-hydrogen) atoms. The highest BCUT2D eigenvalue weighted by Crippen LogP contribution is 2.16. The molecule has 1 amide bonds. The second-order valence-corrected chi connectivity index (χ2v) is 8.93. The minimum atomic E-state index is -0.108. The van der Waals surface area contributed by atoms with Crippen molar-refractivity contribution in [3.63, 3.8) is 0 Å². The first-order valence-electron chi connectivity index (χ1n) is 12.5. The Labute approximate surface area is 218 Å². The van der Waals surface area contributed by atoms with Gasteiger partial charge in [-0.3, -0.25) is 9.59 Å². The van der Waals surface area contributed by atoms with Gasteiger partial charge in [-0.05, 0) is 53.5 Å². The standard InChI is InChI=1S/C33H31NO3/c1-25(29-12-6-3-7-13-29)34-33(36)24-28-11-8-14-30(23-28)32(35)20-17-27-15-18-31(19-16-27)37-22-21-26-9-4-2-5-10-26/h2-20,23,25H,21-22,24H2,1H3,(H,34,36). The van der Waals surface area contributed by atoms with Gasteiger partial charge in [-0.15, -0.1) is 0 Å². The number of amides is 1. The smallest absolute Gasteiger partial charge is 0.224 e. The van der Waals surface area contributed by atoms with Crippen LogP contribution in [0.1, 0.15) is 45.6 Å². The van der Waals surface area contributed by atoms with Crippen molar-refractivity contribution in [1.29, 1.82) is 0 Å². The Morgan fingerprint density at radius 2 is 1.49 bits per heavy atom. The van der Waals surface area contributed by atoms with Crippen molar-refractivity contribution in [2.45, 2.75) is 25.8 Å². The van der Waals surface area contributed by atoms with E-state index < -0.39 is 0 Å². The van der Waals surface area contributed by atoms with Gasteiger partial charge in [0, 0.05) is 12.0 Å². The number of rotatable bonds is 11. The van der Waals surface area contributed by atoms with E-state index in [4.69, 9.17) is 4.74 Å². The molecular formula is C33H31NO3. The fourth-order valence-corrected chi connectivity index (χ4v) is 4.01. The highest BCUT2D eigenvalue weighted by molar-refractivity contribution is 6.07. The molecule has 186 valence electrons. The van der Waals surface area contributed by atoms with Crippen LogP contribution in [-0.4, -0.2) is 18.3 Å². The van der Waals surface area contributed by atoms with E-state index in [0.717, 1.165) is 28.9 Å². The number of carbonyl (C=O) groups is 2. The molecule has 0 aliphatic heterocycles. The van der Waals surface area contributed by atoms with E-state index in [9.17, 15) is 9.59 Å². The lowest BCUT2D eigenvalue weighted by atomic mass is 10.0. The number of ketones is 1. The molecule has 0 saturated carbocycles. The highest BCUT2D eigenvalue weighted by Gasteiger charge is 2.11. The van der Waals surface area contributed by atoms with Crippen LogP contribution in [0.3, 0.4) is 0 Å². The predicted molar refractivity (Wildman–Crippen MR) is 149 cm³/mol. The van der Waals surface area contributed by atoms with E-state index in [0.29, 0.717) is 12.2 Å². The molecule has 0 radical (unpaired) electrons. The van der Waals surface area contributed by atoms with Gasteiger partial charge in [-0.2, -0.15) is 0 Å². The van der Waals surface area contributed by atoms with Gasteiger partial charge < -0.3 is 10.1 Å². The minimum absolute atomic E-state index is 0.0810. The van der Waals surface area contributed by atoms with E-state index in [1.165, 1.54) is 5.56 Å². The van der Waals surface area contributed by atoms with Crippen LogP contribution in [0.2, 0.25) is 0 Å². The Kier molecular flexibility index (Phi) is 9.03. The third-order valence-electron chi connectivity index (χ3n) is 6.06. The number of ether oxygens (including phenoxy) is 1. The summed E-state index contributed by atoms with van der Waals surface area (Å²) in [6.45, 7) is 2.57. The zero-order chi connectivity index (χ0) is 25.9. The van der Waals surface area contributed by atoms with Crippen LogP contribution in [0.4, 0.5) is 0 Å². The van der Waals surface area contributed by atoms with Crippen molar-refractivity contribution in [1.82, 2.24) is 5.32 Å². The zero-order valence-electron chi connectivity index (χ0n) is 21.0. The maximum atomic E-state index is 12.7. The van der Waals surface area contributed by atoms with Gasteiger partial charge in [0.05, 0.1) is 19.1 Å². The average molecular weight is 490 g/mol. The van der Waals surface area contributed by atoms with Crippen LogP contribution in [0.5, 0.6) is 5.75 Å². The van der Waals surface area contributed by atoms with E-state index in [1.807, 2.05) is 91.9 Å². The van der Waals surface area contributed by atoms with Crippen molar-refractivity contribution < 1.29 is 14.3 Å². The van der Waals surface area contributed by atoms with E-state index in [-0.39, 0.29) is 24.2 Å². The maximum Gasteiger partial charge on any atom is 0.224 e. The first-order valence-corrected chi connectivity index (χ1v) is 12.5. The molecule has 4 nitrogen and oxygen atoms in total. The van der Waals surface area contributed by atoms with Gasteiger partial charge in [0.1, 0.15) is 5.75 Å². The Bertz CT molecular complexity index is 1330. The van der Waals surface area contributed by atoms with Crippen molar-refractivity contribution in [2.24, 2.45) is 0 Å². The molecule has 4 rings (SSSR count). The molecule has 4 heteroatoms. The lowest BCUT2D eigenvalue weighted by molar-refractivity contribution is -0.121. The van der Waals surface area contributed by atoms with Crippen molar-refractivity contribution >= 4 is 17.8 Å². The van der Waals surface area contributed by atoms with Crippen LogP contribution in [0.15, 0.2) is 115 Å². The molecule has 1 unspecified atom stereocenters. The quantitative estimate of drug-likeness (QED) is 0.190. The highest BCUT2D eigenvalue weighted by atomic mass is 16.5.